The highest BCUT2D eigenvalue weighted by atomic mass is 14.7. The van der Waals surface area contributed by atoms with E-state index in [1.807, 2.05) is 12.4 Å². The van der Waals surface area contributed by atoms with E-state index in [0.29, 0.717) is 0 Å². The molecule has 0 fully saturated rings. The standard InChI is InChI=1S/C18H15N2/c1(13-3-5-17-15(11-13)7-9-19-17)2-14-4-6-18-16(12-14)8-10-20-18/h1,3-12,19-20H,2H2. The van der Waals surface area contributed by atoms with Crippen molar-refractivity contribution in [2.24, 2.45) is 0 Å². The van der Waals surface area contributed by atoms with E-state index in [9.17, 15) is 0 Å². The van der Waals surface area contributed by atoms with Gasteiger partial charge < -0.3 is 9.97 Å². The highest BCUT2D eigenvalue weighted by Gasteiger charge is 2.01. The Morgan fingerprint density at radius 3 is 2.25 bits per heavy atom. The molecule has 2 heterocycles. The summed E-state index contributed by atoms with van der Waals surface area (Å²) in [6.07, 6.45) is 7.20. The second kappa shape index (κ2) is 4.57. The van der Waals surface area contributed by atoms with E-state index < -0.39 is 0 Å². The second-order valence-electron chi connectivity index (χ2n) is 5.13. The van der Waals surface area contributed by atoms with Crippen LogP contribution in [0.25, 0.3) is 21.8 Å². The Balaban J connectivity index is 1.56. The Morgan fingerprint density at radius 1 is 0.750 bits per heavy atom. The molecule has 0 spiro atoms. The van der Waals surface area contributed by atoms with Gasteiger partial charge in [-0.3, -0.25) is 0 Å². The van der Waals surface area contributed by atoms with Gasteiger partial charge in [-0.15, -0.1) is 0 Å². The third-order valence-electron chi connectivity index (χ3n) is 3.77. The van der Waals surface area contributed by atoms with Crippen LogP contribution in [0.4, 0.5) is 0 Å². The van der Waals surface area contributed by atoms with Crippen LogP contribution in [-0.4, -0.2) is 9.97 Å². The van der Waals surface area contributed by atoms with Gasteiger partial charge in [0, 0.05) is 23.4 Å². The lowest BCUT2D eigenvalue weighted by Gasteiger charge is -2.03. The average Bonchev–Trinajstić information content (AvgIpc) is 3.12. The number of rotatable bonds is 3. The number of benzene rings is 2. The van der Waals surface area contributed by atoms with Crippen LogP contribution in [0.2, 0.25) is 0 Å². The van der Waals surface area contributed by atoms with Crippen LogP contribution in [0, 0.1) is 6.42 Å². The number of aromatic amines is 2. The molecular formula is C18H15N2. The average molecular weight is 259 g/mol. The van der Waals surface area contributed by atoms with Gasteiger partial charge in [-0.05, 0) is 71.1 Å². The van der Waals surface area contributed by atoms with Gasteiger partial charge in [0.2, 0.25) is 0 Å². The molecular weight excluding hydrogens is 244 g/mol. The summed E-state index contributed by atoms with van der Waals surface area (Å²) in [6, 6.07) is 17.3. The number of aromatic nitrogens is 2. The summed E-state index contributed by atoms with van der Waals surface area (Å²) < 4.78 is 0. The van der Waals surface area contributed by atoms with E-state index in [1.165, 1.54) is 32.9 Å². The second-order valence-corrected chi connectivity index (χ2v) is 5.13. The van der Waals surface area contributed by atoms with Crippen molar-refractivity contribution in [3.8, 4) is 0 Å². The van der Waals surface area contributed by atoms with E-state index in [-0.39, 0.29) is 0 Å². The van der Waals surface area contributed by atoms with E-state index in [4.69, 9.17) is 0 Å². The maximum Gasteiger partial charge on any atom is 0.0454 e. The molecule has 2 N–H and O–H groups in total. The summed E-state index contributed by atoms with van der Waals surface area (Å²) in [5.74, 6) is 0. The molecule has 0 amide bonds. The zero-order valence-electron chi connectivity index (χ0n) is 11.1. The van der Waals surface area contributed by atoms with Crippen molar-refractivity contribution < 1.29 is 0 Å². The van der Waals surface area contributed by atoms with Crippen LogP contribution in [0.5, 0.6) is 0 Å². The molecule has 2 aromatic carbocycles. The largest absolute Gasteiger partial charge is 0.361 e. The van der Waals surface area contributed by atoms with Crippen molar-refractivity contribution in [1.29, 1.82) is 0 Å². The van der Waals surface area contributed by atoms with E-state index in [1.54, 1.807) is 0 Å². The SMILES string of the molecule is [CH](Cc1ccc2[nH]ccc2c1)c1ccc2[nH]ccc2c1. The van der Waals surface area contributed by atoms with Gasteiger partial charge in [0.05, 0.1) is 0 Å². The first kappa shape index (κ1) is 11.4. The lowest BCUT2D eigenvalue weighted by molar-refractivity contribution is 1.18. The number of hydrogen-bond donors (Lipinski definition) is 2. The third-order valence-corrected chi connectivity index (χ3v) is 3.77. The molecule has 0 bridgehead atoms. The highest BCUT2D eigenvalue weighted by molar-refractivity contribution is 5.81. The normalized spacial score (nSPS) is 11.4. The predicted octanol–water partition coefficient (Wildman–Crippen LogP) is 4.44. The fourth-order valence-corrected chi connectivity index (χ4v) is 2.66. The third kappa shape index (κ3) is 1.99. The molecule has 4 rings (SSSR count). The van der Waals surface area contributed by atoms with Crippen molar-refractivity contribution in [2.75, 3.05) is 0 Å². The summed E-state index contributed by atoms with van der Waals surface area (Å²) in [5, 5.41) is 2.54. The molecule has 2 heteroatoms. The molecule has 1 radical (unpaired) electrons. The topological polar surface area (TPSA) is 31.6 Å². The van der Waals surface area contributed by atoms with Crippen molar-refractivity contribution >= 4 is 21.8 Å². The van der Waals surface area contributed by atoms with Crippen molar-refractivity contribution in [3.63, 3.8) is 0 Å². The number of nitrogens with one attached hydrogen (secondary N) is 2. The van der Waals surface area contributed by atoms with E-state index in [2.05, 4.69) is 64.9 Å². The van der Waals surface area contributed by atoms with Gasteiger partial charge in [0.25, 0.3) is 0 Å². The first-order valence-electron chi connectivity index (χ1n) is 6.85. The molecule has 0 aliphatic carbocycles. The maximum absolute atomic E-state index is 3.22. The minimum absolute atomic E-state index is 0.955. The Kier molecular flexibility index (Phi) is 2.59. The Hall–Kier alpha value is -2.48. The Morgan fingerprint density at radius 2 is 1.45 bits per heavy atom. The summed E-state index contributed by atoms with van der Waals surface area (Å²) in [6.45, 7) is 0. The summed E-state index contributed by atoms with van der Waals surface area (Å²) in [4.78, 5) is 6.44. The monoisotopic (exact) mass is 259 g/mol. The van der Waals surface area contributed by atoms with Crippen LogP contribution < -0.4 is 0 Å². The van der Waals surface area contributed by atoms with Crippen LogP contribution in [0.15, 0.2) is 60.9 Å². The molecule has 2 nitrogen and oxygen atoms in total. The van der Waals surface area contributed by atoms with Gasteiger partial charge >= 0.3 is 0 Å². The van der Waals surface area contributed by atoms with Gasteiger partial charge in [-0.1, -0.05) is 12.1 Å². The first-order chi connectivity index (χ1) is 9.88. The molecule has 0 aliphatic heterocycles. The van der Waals surface area contributed by atoms with Gasteiger partial charge in [0.1, 0.15) is 0 Å². The lowest BCUT2D eigenvalue weighted by Crippen LogP contribution is -1.88. The maximum atomic E-state index is 3.22. The molecule has 4 aromatic rings. The Labute approximate surface area is 117 Å². The predicted molar refractivity (Wildman–Crippen MR) is 83.7 cm³/mol. The molecule has 0 unspecified atom stereocenters. The fourth-order valence-electron chi connectivity index (χ4n) is 2.66. The molecule has 2 aromatic heterocycles. The molecule has 0 saturated carbocycles. The number of fused-ring (bicyclic) bond motifs is 2. The van der Waals surface area contributed by atoms with Gasteiger partial charge in [-0.2, -0.15) is 0 Å². The molecule has 0 atom stereocenters. The van der Waals surface area contributed by atoms with Crippen LogP contribution >= 0.6 is 0 Å². The van der Waals surface area contributed by atoms with Crippen LogP contribution in [0.1, 0.15) is 11.1 Å². The van der Waals surface area contributed by atoms with E-state index in [0.717, 1.165) is 6.42 Å². The van der Waals surface area contributed by atoms with Crippen molar-refractivity contribution in [1.82, 2.24) is 9.97 Å². The highest BCUT2D eigenvalue weighted by Crippen LogP contribution is 2.19. The summed E-state index contributed by atoms with van der Waals surface area (Å²) in [7, 11) is 0. The van der Waals surface area contributed by atoms with Crippen molar-refractivity contribution in [3.05, 3.63) is 78.5 Å². The number of H-pyrrole nitrogens is 2. The zero-order chi connectivity index (χ0) is 13.4. The van der Waals surface area contributed by atoms with E-state index >= 15 is 0 Å². The first-order valence-corrected chi connectivity index (χ1v) is 6.85. The van der Waals surface area contributed by atoms with Gasteiger partial charge in [0.15, 0.2) is 0 Å². The summed E-state index contributed by atoms with van der Waals surface area (Å²) in [5.41, 5.74) is 5.00. The molecule has 0 aliphatic rings. The lowest BCUT2D eigenvalue weighted by atomic mass is 10.0. The smallest absolute Gasteiger partial charge is 0.0454 e. The quantitative estimate of drug-likeness (QED) is 0.545. The number of hydrogen-bond acceptors (Lipinski definition) is 0. The minimum atomic E-state index is 0.955. The Bertz CT molecular complexity index is 793. The zero-order valence-corrected chi connectivity index (χ0v) is 11.1. The summed E-state index contributed by atoms with van der Waals surface area (Å²) >= 11 is 0. The van der Waals surface area contributed by atoms with Gasteiger partial charge in [-0.25, -0.2) is 0 Å². The molecule has 97 valence electrons. The molecule has 20 heavy (non-hydrogen) atoms. The van der Waals surface area contributed by atoms with Crippen LogP contribution in [-0.2, 0) is 6.42 Å². The minimum Gasteiger partial charge on any atom is -0.361 e. The molecule has 0 saturated heterocycles. The fraction of sp³-hybridized carbons (Fsp3) is 0.0556. The van der Waals surface area contributed by atoms with Crippen LogP contribution in [0.3, 0.4) is 0 Å². The van der Waals surface area contributed by atoms with Crippen molar-refractivity contribution in [2.45, 2.75) is 6.42 Å².